The summed E-state index contributed by atoms with van der Waals surface area (Å²) >= 11 is 9.10. The number of hydrazine groups is 1. The van der Waals surface area contributed by atoms with Crippen LogP contribution < -0.4 is 11.3 Å². The summed E-state index contributed by atoms with van der Waals surface area (Å²) in [5.74, 6) is 5.11. The molecule has 0 aliphatic carbocycles. The number of nitrogens with one attached hydrogen (secondary N) is 1. The van der Waals surface area contributed by atoms with Crippen molar-refractivity contribution in [2.24, 2.45) is 12.9 Å². The zero-order chi connectivity index (χ0) is 13.3. The Morgan fingerprint density at radius 3 is 2.78 bits per heavy atom. The summed E-state index contributed by atoms with van der Waals surface area (Å²) in [6.45, 7) is 0. The maximum Gasteiger partial charge on any atom is 0.129 e. The fraction of sp³-hybridized carbons (Fsp3) is 0.182. The molecular weight excluding hydrogens is 323 g/mol. The van der Waals surface area contributed by atoms with Crippen LogP contribution in [-0.2, 0) is 7.05 Å². The number of nitrogens with two attached hydrogens (primary N) is 1. The third-order valence-corrected chi connectivity index (χ3v) is 3.50. The average molecular weight is 334 g/mol. The van der Waals surface area contributed by atoms with Gasteiger partial charge in [-0.05, 0) is 28.1 Å². The summed E-state index contributed by atoms with van der Waals surface area (Å²) in [6.07, 6.45) is 1.63. The Morgan fingerprint density at radius 2 is 2.28 bits per heavy atom. The van der Waals surface area contributed by atoms with Crippen LogP contribution >= 0.6 is 27.5 Å². The second kappa shape index (κ2) is 5.36. The fourth-order valence-electron chi connectivity index (χ4n) is 1.80. The molecule has 1 aromatic carbocycles. The molecule has 0 saturated carbocycles. The SMILES string of the molecule is Cn1ncc(Br)c1C(NN)c1ccc(Cl)cc1F. The molecule has 0 aliphatic heterocycles. The van der Waals surface area contributed by atoms with E-state index in [1.54, 1.807) is 30.1 Å². The molecule has 0 bridgehead atoms. The third-order valence-electron chi connectivity index (χ3n) is 2.65. The Labute approximate surface area is 117 Å². The number of aryl methyl sites for hydroxylation is 1. The van der Waals surface area contributed by atoms with Crippen molar-refractivity contribution >= 4 is 27.5 Å². The third kappa shape index (κ3) is 2.42. The molecule has 0 amide bonds. The van der Waals surface area contributed by atoms with Gasteiger partial charge in [0.15, 0.2) is 0 Å². The second-order valence-electron chi connectivity index (χ2n) is 3.77. The summed E-state index contributed by atoms with van der Waals surface area (Å²) in [6, 6.07) is 3.96. The summed E-state index contributed by atoms with van der Waals surface area (Å²) in [7, 11) is 1.76. The lowest BCUT2D eigenvalue weighted by molar-refractivity contribution is 0.531. The van der Waals surface area contributed by atoms with Crippen molar-refractivity contribution in [3.05, 3.63) is 51.0 Å². The number of hydrogen-bond acceptors (Lipinski definition) is 3. The number of nitrogens with zero attached hydrogens (tertiary/aromatic N) is 2. The lowest BCUT2D eigenvalue weighted by Crippen LogP contribution is -2.31. The first-order valence-corrected chi connectivity index (χ1v) is 6.30. The standard InChI is InChI=1S/C11H11BrClFN4/c1-18-11(8(12)5-16-18)10(17-15)7-3-2-6(13)4-9(7)14/h2-5,10,17H,15H2,1H3. The highest BCUT2D eigenvalue weighted by atomic mass is 79.9. The molecule has 7 heteroatoms. The Morgan fingerprint density at radius 1 is 1.56 bits per heavy atom. The highest BCUT2D eigenvalue weighted by Crippen LogP contribution is 2.30. The van der Waals surface area contributed by atoms with E-state index in [9.17, 15) is 4.39 Å². The van der Waals surface area contributed by atoms with Crippen molar-refractivity contribution in [2.45, 2.75) is 6.04 Å². The summed E-state index contributed by atoms with van der Waals surface area (Å²) in [4.78, 5) is 0. The molecule has 1 atom stereocenters. The molecule has 4 nitrogen and oxygen atoms in total. The fourth-order valence-corrected chi connectivity index (χ4v) is 2.53. The molecular formula is C11H11BrClFN4. The van der Waals surface area contributed by atoms with Gasteiger partial charge in [-0.15, -0.1) is 0 Å². The first-order valence-electron chi connectivity index (χ1n) is 5.13. The number of halogens is 3. The first kappa shape index (κ1) is 13.5. The Hall–Kier alpha value is -0.950. The molecule has 0 radical (unpaired) electrons. The lowest BCUT2D eigenvalue weighted by atomic mass is 10.0. The van der Waals surface area contributed by atoms with Crippen LogP contribution in [-0.4, -0.2) is 9.78 Å². The van der Waals surface area contributed by atoms with Crippen molar-refractivity contribution in [2.75, 3.05) is 0 Å². The molecule has 2 aromatic rings. The van der Waals surface area contributed by atoms with E-state index >= 15 is 0 Å². The normalized spacial score (nSPS) is 12.7. The molecule has 0 saturated heterocycles. The monoisotopic (exact) mass is 332 g/mol. The van der Waals surface area contributed by atoms with Gasteiger partial charge >= 0.3 is 0 Å². The number of rotatable bonds is 3. The number of hydrogen-bond donors (Lipinski definition) is 2. The van der Waals surface area contributed by atoms with Crippen molar-refractivity contribution in [1.29, 1.82) is 0 Å². The minimum Gasteiger partial charge on any atom is -0.271 e. The molecule has 0 aliphatic rings. The van der Waals surface area contributed by atoms with Crippen LogP contribution in [0.1, 0.15) is 17.3 Å². The predicted molar refractivity (Wildman–Crippen MR) is 71.5 cm³/mol. The molecule has 2 rings (SSSR count). The Kier molecular flexibility index (Phi) is 4.01. The van der Waals surface area contributed by atoms with Crippen molar-refractivity contribution in [3.63, 3.8) is 0 Å². The van der Waals surface area contributed by atoms with E-state index < -0.39 is 11.9 Å². The van der Waals surface area contributed by atoms with Crippen molar-refractivity contribution in [3.8, 4) is 0 Å². The van der Waals surface area contributed by atoms with Crippen LogP contribution in [0.15, 0.2) is 28.9 Å². The van der Waals surface area contributed by atoms with Crippen LogP contribution in [0.2, 0.25) is 5.02 Å². The summed E-state index contributed by atoms with van der Waals surface area (Å²) < 4.78 is 16.3. The van der Waals surface area contributed by atoms with Gasteiger partial charge in [0.05, 0.1) is 22.4 Å². The van der Waals surface area contributed by atoms with Gasteiger partial charge in [-0.3, -0.25) is 10.5 Å². The van der Waals surface area contributed by atoms with E-state index in [0.717, 1.165) is 10.2 Å². The van der Waals surface area contributed by atoms with Gasteiger partial charge in [0.2, 0.25) is 0 Å². The summed E-state index contributed by atoms with van der Waals surface area (Å²) in [5, 5.41) is 4.43. The zero-order valence-electron chi connectivity index (χ0n) is 9.49. The van der Waals surface area contributed by atoms with E-state index in [1.807, 2.05) is 0 Å². The molecule has 1 unspecified atom stereocenters. The smallest absolute Gasteiger partial charge is 0.129 e. The first-order chi connectivity index (χ1) is 8.54. The van der Waals surface area contributed by atoms with Crippen LogP contribution in [0, 0.1) is 5.82 Å². The minimum absolute atomic E-state index is 0.344. The largest absolute Gasteiger partial charge is 0.271 e. The van der Waals surface area contributed by atoms with Crippen molar-refractivity contribution in [1.82, 2.24) is 15.2 Å². The topological polar surface area (TPSA) is 55.9 Å². The summed E-state index contributed by atoms with van der Waals surface area (Å²) in [5.41, 5.74) is 3.73. The molecule has 96 valence electrons. The average Bonchev–Trinajstić information content (AvgIpc) is 2.64. The van der Waals surface area contributed by atoms with Crippen molar-refractivity contribution < 1.29 is 4.39 Å². The van der Waals surface area contributed by atoms with Crippen LogP contribution in [0.3, 0.4) is 0 Å². The van der Waals surface area contributed by atoms with E-state index in [1.165, 1.54) is 6.07 Å². The van der Waals surface area contributed by atoms with E-state index in [2.05, 4.69) is 26.5 Å². The molecule has 0 fully saturated rings. The number of aromatic nitrogens is 2. The second-order valence-corrected chi connectivity index (χ2v) is 5.06. The van der Waals surface area contributed by atoms with Gasteiger partial charge in [0.25, 0.3) is 0 Å². The Bertz CT molecular complexity index is 553. The van der Waals surface area contributed by atoms with Crippen LogP contribution in [0.5, 0.6) is 0 Å². The van der Waals surface area contributed by atoms with E-state index in [0.29, 0.717) is 10.6 Å². The molecule has 18 heavy (non-hydrogen) atoms. The number of benzene rings is 1. The van der Waals surface area contributed by atoms with Gasteiger partial charge in [-0.2, -0.15) is 5.10 Å². The van der Waals surface area contributed by atoms with E-state index in [4.69, 9.17) is 17.4 Å². The minimum atomic E-state index is -0.510. The van der Waals surface area contributed by atoms with Crippen LogP contribution in [0.4, 0.5) is 4.39 Å². The lowest BCUT2D eigenvalue weighted by Gasteiger charge is -2.18. The maximum atomic E-state index is 13.9. The van der Waals surface area contributed by atoms with E-state index in [-0.39, 0.29) is 0 Å². The van der Waals surface area contributed by atoms with Crippen LogP contribution in [0.25, 0.3) is 0 Å². The molecule has 1 aromatic heterocycles. The van der Waals surface area contributed by atoms with Gasteiger partial charge in [0, 0.05) is 17.6 Å². The molecule has 0 spiro atoms. The van der Waals surface area contributed by atoms with Gasteiger partial charge in [0.1, 0.15) is 5.82 Å². The molecule has 3 N–H and O–H groups in total. The molecule has 1 heterocycles. The predicted octanol–water partition coefficient (Wildman–Crippen LogP) is 2.53. The van der Waals surface area contributed by atoms with Gasteiger partial charge in [-0.1, -0.05) is 17.7 Å². The maximum absolute atomic E-state index is 13.9. The van der Waals surface area contributed by atoms with Gasteiger partial charge in [-0.25, -0.2) is 9.82 Å². The van der Waals surface area contributed by atoms with Gasteiger partial charge < -0.3 is 0 Å². The highest BCUT2D eigenvalue weighted by Gasteiger charge is 2.22. The Balaban J connectivity index is 2.52. The quantitative estimate of drug-likeness (QED) is 0.670. The highest BCUT2D eigenvalue weighted by molar-refractivity contribution is 9.10. The zero-order valence-corrected chi connectivity index (χ0v) is 11.8.